The first-order valence-electron chi connectivity index (χ1n) is 6.67. The summed E-state index contributed by atoms with van der Waals surface area (Å²) in [7, 11) is 0. The van der Waals surface area contributed by atoms with E-state index in [1.165, 1.54) is 4.90 Å². The number of aromatic amines is 1. The standard InChI is InChI=1S/C14H15ClN4OS/c15-9-1-2-13-11(7-9)12(4-6-21-13)18-14(20)16-8-10-3-5-17-19-10/h1-3,5,7,12H,4,6,8H2,(H,17,19)(H2,16,18,20)/t12-/m0/s1. The highest BCUT2D eigenvalue weighted by Gasteiger charge is 2.22. The number of hydrogen-bond donors (Lipinski definition) is 3. The molecule has 1 aromatic carbocycles. The van der Waals surface area contributed by atoms with Gasteiger partial charge < -0.3 is 10.6 Å². The molecule has 1 aliphatic rings. The molecular weight excluding hydrogens is 308 g/mol. The van der Waals surface area contributed by atoms with Gasteiger partial charge in [0.15, 0.2) is 0 Å². The minimum atomic E-state index is -0.188. The van der Waals surface area contributed by atoms with Crippen molar-refractivity contribution in [1.82, 2.24) is 20.8 Å². The number of fused-ring (bicyclic) bond motifs is 1. The fourth-order valence-electron chi connectivity index (χ4n) is 2.28. The molecule has 110 valence electrons. The summed E-state index contributed by atoms with van der Waals surface area (Å²) < 4.78 is 0. The van der Waals surface area contributed by atoms with E-state index in [1.807, 2.05) is 24.3 Å². The van der Waals surface area contributed by atoms with Crippen LogP contribution in [-0.2, 0) is 6.54 Å². The summed E-state index contributed by atoms with van der Waals surface area (Å²) in [5.74, 6) is 0.986. The van der Waals surface area contributed by atoms with E-state index in [0.717, 1.165) is 23.4 Å². The molecule has 5 nitrogen and oxygen atoms in total. The maximum absolute atomic E-state index is 12.0. The fraction of sp³-hybridized carbons (Fsp3) is 0.286. The van der Waals surface area contributed by atoms with Crippen molar-refractivity contribution in [3.05, 3.63) is 46.7 Å². The number of rotatable bonds is 3. The number of nitrogens with one attached hydrogen (secondary N) is 3. The number of urea groups is 1. The van der Waals surface area contributed by atoms with Gasteiger partial charge in [0.25, 0.3) is 0 Å². The lowest BCUT2D eigenvalue weighted by Crippen LogP contribution is -2.38. The van der Waals surface area contributed by atoms with Gasteiger partial charge in [-0.05, 0) is 36.2 Å². The van der Waals surface area contributed by atoms with Crippen LogP contribution in [0, 0.1) is 0 Å². The lowest BCUT2D eigenvalue weighted by atomic mass is 10.0. The topological polar surface area (TPSA) is 69.8 Å². The molecule has 3 rings (SSSR count). The van der Waals surface area contributed by atoms with E-state index in [2.05, 4.69) is 20.8 Å². The summed E-state index contributed by atoms with van der Waals surface area (Å²) in [4.78, 5) is 13.2. The molecule has 2 aromatic rings. The van der Waals surface area contributed by atoms with E-state index in [9.17, 15) is 4.79 Å². The van der Waals surface area contributed by atoms with Crippen LogP contribution in [0.4, 0.5) is 4.79 Å². The van der Waals surface area contributed by atoms with Crippen molar-refractivity contribution in [2.45, 2.75) is 23.9 Å². The number of carbonyl (C=O) groups excluding carboxylic acids is 1. The predicted octanol–water partition coefficient (Wildman–Crippen LogP) is 3.10. The maximum atomic E-state index is 12.0. The van der Waals surface area contributed by atoms with Crippen LogP contribution in [0.25, 0.3) is 0 Å². The number of halogens is 1. The second-order valence-electron chi connectivity index (χ2n) is 4.78. The number of carbonyl (C=O) groups is 1. The molecule has 7 heteroatoms. The van der Waals surface area contributed by atoms with Crippen molar-refractivity contribution in [1.29, 1.82) is 0 Å². The van der Waals surface area contributed by atoms with Crippen molar-refractivity contribution in [3.8, 4) is 0 Å². The van der Waals surface area contributed by atoms with E-state index >= 15 is 0 Å². The molecule has 0 bridgehead atoms. The monoisotopic (exact) mass is 322 g/mol. The first kappa shape index (κ1) is 14.3. The van der Waals surface area contributed by atoms with E-state index in [-0.39, 0.29) is 12.1 Å². The minimum Gasteiger partial charge on any atom is -0.333 e. The largest absolute Gasteiger partial charge is 0.333 e. The molecule has 2 heterocycles. The number of benzene rings is 1. The average molecular weight is 323 g/mol. The summed E-state index contributed by atoms with van der Waals surface area (Å²) in [6.45, 7) is 0.426. The highest BCUT2D eigenvalue weighted by molar-refractivity contribution is 7.99. The molecule has 0 aliphatic carbocycles. The van der Waals surface area contributed by atoms with Crippen molar-refractivity contribution < 1.29 is 4.79 Å². The van der Waals surface area contributed by atoms with Crippen LogP contribution in [0.3, 0.4) is 0 Å². The third-order valence-corrected chi connectivity index (χ3v) is 4.67. The van der Waals surface area contributed by atoms with Gasteiger partial charge in [-0.3, -0.25) is 5.10 Å². The van der Waals surface area contributed by atoms with Crippen molar-refractivity contribution in [3.63, 3.8) is 0 Å². The SMILES string of the molecule is O=C(NCc1ccn[nH]1)N[C@H]1CCSc2ccc(Cl)cc21. The lowest BCUT2D eigenvalue weighted by molar-refractivity contribution is 0.236. The lowest BCUT2D eigenvalue weighted by Gasteiger charge is -2.26. The van der Waals surface area contributed by atoms with Crippen LogP contribution in [0.2, 0.25) is 5.02 Å². The van der Waals surface area contributed by atoms with Crippen molar-refractivity contribution in [2.75, 3.05) is 5.75 Å². The Kier molecular flexibility index (Phi) is 4.36. The Bertz CT molecular complexity index is 632. The third kappa shape index (κ3) is 3.51. The summed E-state index contributed by atoms with van der Waals surface area (Å²) in [5.41, 5.74) is 1.96. The number of nitrogens with zero attached hydrogens (tertiary/aromatic N) is 1. The molecule has 2 amide bonds. The van der Waals surface area contributed by atoms with Gasteiger partial charge in [-0.1, -0.05) is 11.6 Å². The van der Waals surface area contributed by atoms with E-state index in [1.54, 1.807) is 18.0 Å². The smallest absolute Gasteiger partial charge is 0.315 e. The summed E-state index contributed by atoms with van der Waals surface area (Å²) in [5, 5.41) is 13.2. The van der Waals surface area contributed by atoms with Gasteiger partial charge in [-0.15, -0.1) is 11.8 Å². The zero-order chi connectivity index (χ0) is 14.7. The Morgan fingerprint density at radius 1 is 1.48 bits per heavy atom. The van der Waals surface area contributed by atoms with Gasteiger partial charge in [0, 0.05) is 21.9 Å². The number of amides is 2. The normalized spacial score (nSPS) is 17.1. The van der Waals surface area contributed by atoms with Crippen LogP contribution in [0.15, 0.2) is 35.4 Å². The van der Waals surface area contributed by atoms with Gasteiger partial charge in [-0.25, -0.2) is 4.79 Å². The maximum Gasteiger partial charge on any atom is 0.315 e. The molecular formula is C14H15ClN4OS. The van der Waals surface area contributed by atoms with Crippen LogP contribution in [0.5, 0.6) is 0 Å². The fourth-order valence-corrected chi connectivity index (χ4v) is 3.57. The summed E-state index contributed by atoms with van der Waals surface area (Å²) in [6, 6.07) is 7.47. The summed E-state index contributed by atoms with van der Waals surface area (Å²) >= 11 is 7.85. The first-order chi connectivity index (χ1) is 10.2. The second kappa shape index (κ2) is 6.41. The molecule has 3 N–H and O–H groups in total. The molecule has 0 radical (unpaired) electrons. The number of hydrogen-bond acceptors (Lipinski definition) is 3. The van der Waals surface area contributed by atoms with Gasteiger partial charge in [-0.2, -0.15) is 5.10 Å². The van der Waals surface area contributed by atoms with E-state index < -0.39 is 0 Å². The average Bonchev–Trinajstić information content (AvgIpc) is 2.99. The Morgan fingerprint density at radius 2 is 2.38 bits per heavy atom. The Hall–Kier alpha value is -1.66. The van der Waals surface area contributed by atoms with Crippen LogP contribution in [-0.4, -0.2) is 22.0 Å². The molecule has 0 unspecified atom stereocenters. The number of thioether (sulfide) groups is 1. The van der Waals surface area contributed by atoms with Gasteiger partial charge >= 0.3 is 6.03 Å². The molecule has 0 saturated carbocycles. The summed E-state index contributed by atoms with van der Waals surface area (Å²) in [6.07, 6.45) is 2.56. The van der Waals surface area contributed by atoms with Crippen LogP contribution >= 0.6 is 23.4 Å². The van der Waals surface area contributed by atoms with Crippen LogP contribution in [0.1, 0.15) is 23.7 Å². The molecule has 1 atom stereocenters. The number of aromatic nitrogens is 2. The quantitative estimate of drug-likeness (QED) is 0.813. The second-order valence-corrected chi connectivity index (χ2v) is 6.35. The molecule has 0 spiro atoms. The molecule has 0 saturated heterocycles. The first-order valence-corrected chi connectivity index (χ1v) is 8.03. The number of H-pyrrole nitrogens is 1. The van der Waals surface area contributed by atoms with E-state index in [4.69, 9.17) is 11.6 Å². The highest BCUT2D eigenvalue weighted by Crippen LogP contribution is 2.37. The van der Waals surface area contributed by atoms with Crippen molar-refractivity contribution >= 4 is 29.4 Å². The van der Waals surface area contributed by atoms with Gasteiger partial charge in [0.05, 0.1) is 18.3 Å². The van der Waals surface area contributed by atoms with Crippen molar-refractivity contribution in [2.24, 2.45) is 0 Å². The molecule has 0 fully saturated rings. The highest BCUT2D eigenvalue weighted by atomic mass is 35.5. The zero-order valence-electron chi connectivity index (χ0n) is 11.2. The Morgan fingerprint density at radius 3 is 3.19 bits per heavy atom. The zero-order valence-corrected chi connectivity index (χ0v) is 12.8. The Balaban J connectivity index is 1.63. The minimum absolute atomic E-state index is 0.00159. The third-order valence-electron chi connectivity index (χ3n) is 3.31. The van der Waals surface area contributed by atoms with E-state index in [0.29, 0.717) is 11.6 Å². The predicted molar refractivity (Wildman–Crippen MR) is 83.5 cm³/mol. The molecule has 1 aromatic heterocycles. The molecule has 21 heavy (non-hydrogen) atoms. The van der Waals surface area contributed by atoms with Gasteiger partial charge in [0.2, 0.25) is 0 Å². The Labute approximate surface area is 131 Å². The van der Waals surface area contributed by atoms with Gasteiger partial charge in [0.1, 0.15) is 0 Å². The molecule has 1 aliphatic heterocycles. The van der Waals surface area contributed by atoms with Crippen LogP contribution < -0.4 is 10.6 Å².